The second kappa shape index (κ2) is 6.92. The molecule has 2 aromatic carbocycles. The van der Waals surface area contributed by atoms with Gasteiger partial charge in [0.2, 0.25) is 5.91 Å². The first-order chi connectivity index (χ1) is 12.3. The molecule has 134 valence electrons. The van der Waals surface area contributed by atoms with Gasteiger partial charge in [-0.05, 0) is 29.3 Å². The van der Waals surface area contributed by atoms with Crippen LogP contribution in [0.4, 0.5) is 13.2 Å². The average molecular weight is 376 g/mol. The Kier molecular flexibility index (Phi) is 4.82. The molecule has 3 nitrogen and oxygen atoms in total. The number of nitrogens with zero attached hydrogens (tertiary/aromatic N) is 1. The van der Waals surface area contributed by atoms with Gasteiger partial charge < -0.3 is 5.73 Å². The maximum Gasteiger partial charge on any atom is 0.416 e. The summed E-state index contributed by atoms with van der Waals surface area (Å²) < 4.78 is 38.8. The highest BCUT2D eigenvalue weighted by Crippen LogP contribution is 2.35. The molecule has 0 radical (unpaired) electrons. The summed E-state index contributed by atoms with van der Waals surface area (Å²) in [5, 5.41) is 2.72. The van der Waals surface area contributed by atoms with Crippen LogP contribution in [0, 0.1) is 0 Å². The van der Waals surface area contributed by atoms with Gasteiger partial charge in [-0.3, -0.25) is 4.79 Å². The zero-order valence-electron chi connectivity index (χ0n) is 13.7. The van der Waals surface area contributed by atoms with Crippen LogP contribution in [-0.4, -0.2) is 10.9 Å². The van der Waals surface area contributed by atoms with E-state index in [0.717, 1.165) is 28.3 Å². The van der Waals surface area contributed by atoms with E-state index in [2.05, 4.69) is 4.98 Å². The number of halogens is 3. The van der Waals surface area contributed by atoms with E-state index in [9.17, 15) is 18.0 Å². The van der Waals surface area contributed by atoms with Gasteiger partial charge in [0.05, 0.1) is 5.56 Å². The van der Waals surface area contributed by atoms with E-state index in [1.165, 1.54) is 17.4 Å². The second-order valence-electron chi connectivity index (χ2n) is 5.85. The van der Waals surface area contributed by atoms with Crippen LogP contribution in [0.3, 0.4) is 0 Å². The van der Waals surface area contributed by atoms with Gasteiger partial charge in [0.1, 0.15) is 5.01 Å². The van der Waals surface area contributed by atoms with Crippen molar-refractivity contribution in [2.45, 2.75) is 19.0 Å². The molecule has 26 heavy (non-hydrogen) atoms. The molecule has 2 N–H and O–H groups in total. The van der Waals surface area contributed by atoms with Crippen molar-refractivity contribution in [3.05, 3.63) is 76.3 Å². The van der Waals surface area contributed by atoms with Crippen molar-refractivity contribution in [3.63, 3.8) is 0 Å². The van der Waals surface area contributed by atoms with Crippen molar-refractivity contribution >= 4 is 17.2 Å². The predicted octanol–water partition coefficient (Wildman–Crippen LogP) is 5.08. The van der Waals surface area contributed by atoms with Crippen LogP contribution in [0.25, 0.3) is 10.6 Å². The zero-order valence-corrected chi connectivity index (χ0v) is 14.6. The van der Waals surface area contributed by atoms with Gasteiger partial charge in [-0.1, -0.05) is 31.2 Å². The lowest BCUT2D eigenvalue weighted by Gasteiger charge is -2.18. The Morgan fingerprint density at radius 3 is 2.58 bits per heavy atom. The first-order valence-corrected chi connectivity index (χ1v) is 8.66. The molecule has 0 aliphatic carbocycles. The number of hydrogen-bond donors (Lipinski definition) is 1. The third-order valence-corrected chi connectivity index (χ3v) is 5.00. The number of aromatic nitrogens is 1. The molecule has 7 heteroatoms. The molecule has 1 aromatic heterocycles. The Hall–Kier alpha value is -2.67. The molecule has 1 amide bonds. The van der Waals surface area contributed by atoms with Gasteiger partial charge in [0, 0.05) is 28.6 Å². The van der Waals surface area contributed by atoms with Gasteiger partial charge in [-0.25, -0.2) is 4.98 Å². The largest absolute Gasteiger partial charge is 0.416 e. The highest BCUT2D eigenvalue weighted by atomic mass is 32.1. The number of nitrogens with two attached hydrogens (primary N) is 1. The number of rotatable bonds is 4. The summed E-state index contributed by atoms with van der Waals surface area (Å²) in [5.74, 6) is -1.19. The van der Waals surface area contributed by atoms with Crippen LogP contribution < -0.4 is 5.73 Å². The number of thiazole rings is 1. The molecular formula is C19H15F3N2OS. The third-order valence-electron chi connectivity index (χ3n) is 4.18. The minimum atomic E-state index is -4.53. The van der Waals surface area contributed by atoms with Gasteiger partial charge >= 0.3 is 6.18 Å². The maximum absolute atomic E-state index is 12.9. The smallest absolute Gasteiger partial charge is 0.366 e. The van der Waals surface area contributed by atoms with Gasteiger partial charge in [0.25, 0.3) is 0 Å². The van der Waals surface area contributed by atoms with Crippen molar-refractivity contribution < 1.29 is 18.0 Å². The normalized spacial score (nSPS) is 12.8. The van der Waals surface area contributed by atoms with Crippen molar-refractivity contribution in [2.75, 3.05) is 0 Å². The molecule has 0 spiro atoms. The Morgan fingerprint density at radius 2 is 1.96 bits per heavy atom. The number of alkyl halides is 3. The van der Waals surface area contributed by atoms with E-state index in [0.29, 0.717) is 5.56 Å². The van der Waals surface area contributed by atoms with Crippen LogP contribution in [0.5, 0.6) is 0 Å². The summed E-state index contributed by atoms with van der Waals surface area (Å²) >= 11 is 1.49. The van der Waals surface area contributed by atoms with E-state index in [4.69, 9.17) is 5.73 Å². The standard InChI is InChI=1S/C19H15F3N2OS/c1-11(12-3-2-4-13(9-12)18-24-7-8-26-18)15-6-5-14(19(20,21)22)10-16(15)17(23)25/h2-11H,1H3,(H2,23,25). The van der Waals surface area contributed by atoms with Gasteiger partial charge in [-0.2, -0.15) is 13.2 Å². The summed E-state index contributed by atoms with van der Waals surface area (Å²) in [6, 6.07) is 10.7. The molecule has 1 atom stereocenters. The number of primary amides is 1. The Labute approximate surface area is 152 Å². The molecule has 0 saturated heterocycles. The second-order valence-corrected chi connectivity index (χ2v) is 6.74. The fraction of sp³-hybridized carbons (Fsp3) is 0.158. The molecule has 1 unspecified atom stereocenters. The summed E-state index contributed by atoms with van der Waals surface area (Å²) in [6.07, 6.45) is -2.83. The van der Waals surface area contributed by atoms with Crippen LogP contribution in [0.2, 0.25) is 0 Å². The monoisotopic (exact) mass is 376 g/mol. The van der Waals surface area contributed by atoms with Gasteiger partial charge in [-0.15, -0.1) is 11.3 Å². The molecule has 1 heterocycles. The van der Waals surface area contributed by atoms with Crippen LogP contribution in [0.15, 0.2) is 54.0 Å². The molecule has 0 saturated carbocycles. The van der Waals surface area contributed by atoms with Crippen LogP contribution in [-0.2, 0) is 6.18 Å². The van der Waals surface area contributed by atoms with E-state index in [1.54, 1.807) is 6.20 Å². The fourth-order valence-corrected chi connectivity index (χ4v) is 3.45. The summed E-state index contributed by atoms with van der Waals surface area (Å²) in [5.41, 5.74) is 6.56. The van der Waals surface area contributed by atoms with Gasteiger partial charge in [0.15, 0.2) is 0 Å². The van der Waals surface area contributed by atoms with Crippen molar-refractivity contribution in [1.29, 1.82) is 0 Å². The molecule has 3 rings (SSSR count). The van der Waals surface area contributed by atoms with Crippen molar-refractivity contribution in [1.82, 2.24) is 4.98 Å². The van der Waals surface area contributed by atoms with E-state index in [-0.39, 0.29) is 11.5 Å². The molecule has 0 aliphatic heterocycles. The number of benzene rings is 2. The molecule has 0 fully saturated rings. The molecule has 0 bridgehead atoms. The maximum atomic E-state index is 12.9. The average Bonchev–Trinajstić information content (AvgIpc) is 3.14. The number of carbonyl (C=O) groups excluding carboxylic acids is 1. The first-order valence-electron chi connectivity index (χ1n) is 7.78. The van der Waals surface area contributed by atoms with Crippen LogP contribution in [0.1, 0.15) is 39.9 Å². The lowest BCUT2D eigenvalue weighted by atomic mass is 9.87. The summed E-state index contributed by atoms with van der Waals surface area (Å²) in [6.45, 7) is 1.83. The Balaban J connectivity index is 2.04. The zero-order chi connectivity index (χ0) is 18.9. The lowest BCUT2D eigenvalue weighted by molar-refractivity contribution is -0.137. The van der Waals surface area contributed by atoms with Crippen LogP contribution >= 0.6 is 11.3 Å². The molecular weight excluding hydrogens is 361 g/mol. The summed E-state index contributed by atoms with van der Waals surface area (Å²) in [4.78, 5) is 16.0. The number of hydrogen-bond acceptors (Lipinski definition) is 3. The SMILES string of the molecule is CC(c1cccc(-c2nccs2)c1)c1ccc(C(F)(F)F)cc1C(N)=O. The Bertz CT molecular complexity index is 936. The minimum Gasteiger partial charge on any atom is -0.366 e. The molecule has 0 aliphatic rings. The minimum absolute atomic E-state index is 0.119. The lowest BCUT2D eigenvalue weighted by Crippen LogP contribution is -2.17. The number of carbonyl (C=O) groups is 1. The first kappa shape index (κ1) is 18.1. The van der Waals surface area contributed by atoms with E-state index in [1.807, 2.05) is 36.6 Å². The highest BCUT2D eigenvalue weighted by Gasteiger charge is 2.32. The predicted molar refractivity (Wildman–Crippen MR) is 95.0 cm³/mol. The topological polar surface area (TPSA) is 56.0 Å². The summed E-state index contributed by atoms with van der Waals surface area (Å²) in [7, 11) is 0. The Morgan fingerprint density at radius 1 is 1.19 bits per heavy atom. The van der Waals surface area contributed by atoms with Crippen molar-refractivity contribution in [2.24, 2.45) is 5.73 Å². The number of amides is 1. The highest BCUT2D eigenvalue weighted by molar-refractivity contribution is 7.13. The fourth-order valence-electron chi connectivity index (χ4n) is 2.81. The molecule has 3 aromatic rings. The quantitative estimate of drug-likeness (QED) is 0.690. The van der Waals surface area contributed by atoms with Crippen molar-refractivity contribution in [3.8, 4) is 10.6 Å². The van der Waals surface area contributed by atoms with E-state index < -0.39 is 17.6 Å². The van der Waals surface area contributed by atoms with E-state index >= 15 is 0 Å². The third kappa shape index (κ3) is 3.62.